The Morgan fingerprint density at radius 2 is 2.00 bits per heavy atom. The van der Waals surface area contributed by atoms with Gasteiger partial charge in [0.05, 0.1) is 0 Å². The van der Waals surface area contributed by atoms with Crippen LogP contribution in [0.1, 0.15) is 16.7 Å². The molecule has 3 aromatic rings. The lowest BCUT2D eigenvalue weighted by Crippen LogP contribution is -2.19. The van der Waals surface area contributed by atoms with Crippen molar-refractivity contribution in [2.24, 2.45) is 0 Å². The van der Waals surface area contributed by atoms with Crippen LogP contribution in [-0.2, 0) is 5.75 Å². The zero-order valence-corrected chi connectivity index (χ0v) is 12.7. The summed E-state index contributed by atoms with van der Waals surface area (Å²) in [6.45, 7) is 4.01. The molecule has 0 bridgehead atoms. The van der Waals surface area contributed by atoms with Crippen LogP contribution in [0.5, 0.6) is 0 Å². The van der Waals surface area contributed by atoms with Gasteiger partial charge >= 0.3 is 5.69 Å². The molecule has 106 valence electrons. The van der Waals surface area contributed by atoms with E-state index in [1.807, 2.05) is 25.1 Å². The number of aromatic nitrogens is 3. The Hall–Kier alpha value is -2.14. The minimum absolute atomic E-state index is 0.282. The third kappa shape index (κ3) is 2.97. The average Bonchev–Trinajstić information content (AvgIpc) is 2.46. The van der Waals surface area contributed by atoms with E-state index in [0.29, 0.717) is 10.8 Å². The highest BCUT2D eigenvalue weighted by Crippen LogP contribution is 2.19. The second-order valence-electron chi connectivity index (χ2n) is 4.95. The quantitative estimate of drug-likeness (QED) is 0.697. The van der Waals surface area contributed by atoms with E-state index in [1.165, 1.54) is 27.3 Å². The lowest BCUT2D eigenvalue weighted by atomic mass is 10.2. The molecule has 0 amide bonds. The minimum atomic E-state index is -0.282. The monoisotopic (exact) mass is 297 g/mol. The van der Waals surface area contributed by atoms with Crippen molar-refractivity contribution >= 4 is 17.4 Å². The zero-order valence-electron chi connectivity index (χ0n) is 11.9. The summed E-state index contributed by atoms with van der Waals surface area (Å²) in [6.07, 6.45) is 1.69. The molecule has 0 N–H and O–H groups in total. The molecule has 0 fully saturated rings. The van der Waals surface area contributed by atoms with Gasteiger partial charge in [-0.25, -0.2) is 9.78 Å². The van der Waals surface area contributed by atoms with Crippen LogP contribution in [0, 0.1) is 13.8 Å². The molecule has 0 radical (unpaired) electrons. The topological polar surface area (TPSA) is 47.3 Å². The lowest BCUT2D eigenvalue weighted by Gasteiger charge is -2.05. The molecule has 0 aliphatic rings. The predicted molar refractivity (Wildman–Crippen MR) is 84.7 cm³/mol. The summed E-state index contributed by atoms with van der Waals surface area (Å²) >= 11 is 1.48. The molecule has 0 saturated heterocycles. The Balaban J connectivity index is 1.91. The summed E-state index contributed by atoms with van der Waals surface area (Å²) in [5.41, 5.74) is 3.78. The van der Waals surface area contributed by atoms with Crippen molar-refractivity contribution in [2.45, 2.75) is 24.8 Å². The lowest BCUT2D eigenvalue weighted by molar-refractivity contribution is 0.842. The van der Waals surface area contributed by atoms with E-state index in [2.05, 4.69) is 35.1 Å². The van der Waals surface area contributed by atoms with Crippen LogP contribution >= 0.6 is 11.8 Å². The van der Waals surface area contributed by atoms with E-state index in [4.69, 9.17) is 0 Å². The highest BCUT2D eigenvalue weighted by molar-refractivity contribution is 7.98. The van der Waals surface area contributed by atoms with Gasteiger partial charge in [-0.3, -0.25) is 4.40 Å². The Kier molecular flexibility index (Phi) is 3.75. The highest BCUT2D eigenvalue weighted by atomic mass is 32.2. The molecule has 5 heteroatoms. The zero-order chi connectivity index (χ0) is 14.8. The van der Waals surface area contributed by atoms with E-state index in [0.717, 1.165) is 11.3 Å². The number of pyridine rings is 1. The summed E-state index contributed by atoms with van der Waals surface area (Å²) in [5.74, 6) is 0.753. The predicted octanol–water partition coefficient (Wildman–Crippen LogP) is 3.00. The molecule has 0 aliphatic heterocycles. The number of rotatable bonds is 3. The van der Waals surface area contributed by atoms with E-state index in [-0.39, 0.29) is 5.69 Å². The minimum Gasteiger partial charge on any atom is -0.251 e. The van der Waals surface area contributed by atoms with E-state index in [9.17, 15) is 4.79 Å². The summed E-state index contributed by atoms with van der Waals surface area (Å²) in [6, 6.07) is 12.1. The smallest absolute Gasteiger partial charge is 0.251 e. The van der Waals surface area contributed by atoms with Crippen LogP contribution in [0.15, 0.2) is 52.5 Å². The Bertz CT molecular complexity index is 858. The first kappa shape index (κ1) is 13.8. The Labute approximate surface area is 126 Å². The normalized spacial score (nSPS) is 11.0. The maximum Gasteiger partial charge on any atom is 0.355 e. The third-order valence-corrected chi connectivity index (χ3v) is 4.13. The SMILES string of the molecule is Cc1cccc(CSc2nc(=O)n3cccc(C)c3n2)c1. The molecule has 0 aliphatic carbocycles. The number of fused-ring (bicyclic) bond motifs is 1. The number of aryl methyl sites for hydroxylation is 2. The fourth-order valence-electron chi connectivity index (χ4n) is 2.17. The third-order valence-electron chi connectivity index (χ3n) is 3.21. The molecule has 0 unspecified atom stereocenters. The molecular formula is C16H15N3OS. The summed E-state index contributed by atoms with van der Waals surface area (Å²) < 4.78 is 1.48. The summed E-state index contributed by atoms with van der Waals surface area (Å²) in [4.78, 5) is 20.5. The van der Waals surface area contributed by atoms with Crippen LogP contribution < -0.4 is 5.69 Å². The van der Waals surface area contributed by atoms with Crippen molar-refractivity contribution in [3.05, 3.63) is 69.8 Å². The fraction of sp³-hybridized carbons (Fsp3) is 0.188. The first-order valence-corrected chi connectivity index (χ1v) is 7.66. The number of thioether (sulfide) groups is 1. The Morgan fingerprint density at radius 3 is 2.81 bits per heavy atom. The second-order valence-corrected chi connectivity index (χ2v) is 5.89. The standard InChI is InChI=1S/C16H15N3OS/c1-11-5-3-7-13(9-11)10-21-15-17-14-12(2)6-4-8-19(14)16(20)18-15/h3-9H,10H2,1-2H3. The largest absolute Gasteiger partial charge is 0.355 e. The van der Waals surface area contributed by atoms with Crippen LogP contribution in [0.3, 0.4) is 0 Å². The van der Waals surface area contributed by atoms with Gasteiger partial charge in [0.25, 0.3) is 0 Å². The molecule has 0 atom stereocenters. The number of nitrogens with zero attached hydrogens (tertiary/aromatic N) is 3. The molecule has 2 aromatic heterocycles. The van der Waals surface area contributed by atoms with Crippen molar-refractivity contribution in [2.75, 3.05) is 0 Å². The molecule has 4 nitrogen and oxygen atoms in total. The van der Waals surface area contributed by atoms with Crippen molar-refractivity contribution in [3.63, 3.8) is 0 Å². The summed E-state index contributed by atoms with van der Waals surface area (Å²) in [5, 5.41) is 0.524. The first-order chi connectivity index (χ1) is 10.1. The van der Waals surface area contributed by atoms with Gasteiger partial charge < -0.3 is 0 Å². The van der Waals surface area contributed by atoms with Gasteiger partial charge in [0.2, 0.25) is 0 Å². The first-order valence-electron chi connectivity index (χ1n) is 6.68. The number of benzene rings is 1. The molecule has 0 spiro atoms. The molecule has 21 heavy (non-hydrogen) atoms. The number of hydrogen-bond donors (Lipinski definition) is 0. The van der Waals surface area contributed by atoms with Crippen molar-refractivity contribution in [3.8, 4) is 0 Å². The maximum atomic E-state index is 12.0. The van der Waals surface area contributed by atoms with Gasteiger partial charge in [0.15, 0.2) is 5.16 Å². The van der Waals surface area contributed by atoms with E-state index >= 15 is 0 Å². The average molecular weight is 297 g/mol. The van der Waals surface area contributed by atoms with Crippen LogP contribution in [0.25, 0.3) is 5.65 Å². The van der Waals surface area contributed by atoms with Gasteiger partial charge in [-0.1, -0.05) is 47.7 Å². The van der Waals surface area contributed by atoms with Gasteiger partial charge in [-0.05, 0) is 31.0 Å². The van der Waals surface area contributed by atoms with Gasteiger partial charge in [-0.15, -0.1) is 0 Å². The van der Waals surface area contributed by atoms with Crippen molar-refractivity contribution in [1.29, 1.82) is 0 Å². The highest BCUT2D eigenvalue weighted by Gasteiger charge is 2.06. The molecule has 3 rings (SSSR count). The molecular weight excluding hydrogens is 282 g/mol. The van der Waals surface area contributed by atoms with Crippen LogP contribution in [0.4, 0.5) is 0 Å². The van der Waals surface area contributed by atoms with E-state index in [1.54, 1.807) is 6.20 Å². The summed E-state index contributed by atoms with van der Waals surface area (Å²) in [7, 11) is 0. The van der Waals surface area contributed by atoms with Gasteiger partial charge in [-0.2, -0.15) is 4.98 Å². The maximum absolute atomic E-state index is 12.0. The second kappa shape index (κ2) is 5.69. The number of hydrogen-bond acceptors (Lipinski definition) is 4. The van der Waals surface area contributed by atoms with Crippen molar-refractivity contribution in [1.82, 2.24) is 14.4 Å². The van der Waals surface area contributed by atoms with Crippen LogP contribution in [0.2, 0.25) is 0 Å². The van der Waals surface area contributed by atoms with Gasteiger partial charge in [0.1, 0.15) is 5.65 Å². The van der Waals surface area contributed by atoms with E-state index < -0.39 is 0 Å². The Morgan fingerprint density at radius 1 is 1.14 bits per heavy atom. The molecule has 2 heterocycles. The fourth-order valence-corrected chi connectivity index (χ4v) is 2.94. The van der Waals surface area contributed by atoms with Crippen LogP contribution in [-0.4, -0.2) is 14.4 Å². The van der Waals surface area contributed by atoms with Gasteiger partial charge in [0, 0.05) is 11.9 Å². The van der Waals surface area contributed by atoms with Crippen molar-refractivity contribution < 1.29 is 0 Å². The molecule has 0 saturated carbocycles. The molecule has 1 aromatic carbocycles.